The zero-order chi connectivity index (χ0) is 14.7. The minimum atomic E-state index is -1.01. The fourth-order valence-electron chi connectivity index (χ4n) is 1.69. The molecule has 0 saturated heterocycles. The molecule has 20 heavy (non-hydrogen) atoms. The molecule has 2 N–H and O–H groups in total. The van der Waals surface area contributed by atoms with E-state index < -0.39 is 11.2 Å². The van der Waals surface area contributed by atoms with E-state index in [1.165, 1.54) is 18.4 Å². The van der Waals surface area contributed by atoms with Crippen LogP contribution < -0.4 is 5.32 Å². The summed E-state index contributed by atoms with van der Waals surface area (Å²) in [7, 11) is 1.49. The van der Waals surface area contributed by atoms with Crippen molar-refractivity contribution >= 4 is 45.2 Å². The highest BCUT2D eigenvalue weighted by atomic mass is 32.2. The van der Waals surface area contributed by atoms with Crippen molar-refractivity contribution in [2.75, 3.05) is 7.05 Å². The van der Waals surface area contributed by atoms with Gasteiger partial charge in [0.25, 0.3) is 0 Å². The standard InChI is InChI=1S/C13H14N2O3S2/c1-7-4-3-5-8-11(7)15-13(19-8)20-9(12(17)18)6-10(16)14-2/h3-5,9H,6H2,1-2H3,(H,14,16)(H,17,18). The summed E-state index contributed by atoms with van der Waals surface area (Å²) in [6.45, 7) is 1.97. The number of carbonyl (C=O) groups excluding carboxylic acids is 1. The van der Waals surface area contributed by atoms with Crippen LogP contribution in [0, 0.1) is 6.92 Å². The molecule has 0 fully saturated rings. The van der Waals surface area contributed by atoms with Crippen molar-refractivity contribution in [1.82, 2.24) is 10.3 Å². The van der Waals surface area contributed by atoms with Crippen LogP contribution in [0.15, 0.2) is 22.5 Å². The second-order valence-electron chi connectivity index (χ2n) is 4.22. The molecule has 1 amide bonds. The molecule has 1 unspecified atom stereocenters. The Kier molecular flexibility index (Phi) is 4.61. The van der Waals surface area contributed by atoms with Gasteiger partial charge in [-0.05, 0) is 18.6 Å². The first kappa shape index (κ1) is 14.8. The Morgan fingerprint density at radius 2 is 2.25 bits per heavy atom. The number of amides is 1. The topological polar surface area (TPSA) is 79.3 Å². The number of aliphatic carboxylic acids is 1. The summed E-state index contributed by atoms with van der Waals surface area (Å²) in [5.41, 5.74) is 1.95. The summed E-state index contributed by atoms with van der Waals surface area (Å²) in [5.74, 6) is -1.29. The molecule has 0 aliphatic carbocycles. The number of carboxylic acid groups (broad SMARTS) is 1. The lowest BCUT2D eigenvalue weighted by molar-refractivity contribution is -0.138. The van der Waals surface area contributed by atoms with E-state index in [1.54, 1.807) is 0 Å². The number of thioether (sulfide) groups is 1. The van der Waals surface area contributed by atoms with Gasteiger partial charge in [-0.2, -0.15) is 0 Å². The third-order valence-corrected chi connectivity index (χ3v) is 5.07. The fourth-order valence-corrected chi connectivity index (χ4v) is 4.00. The number of aryl methyl sites for hydroxylation is 1. The normalized spacial score (nSPS) is 12.3. The minimum absolute atomic E-state index is 0.0641. The molecule has 1 atom stereocenters. The van der Waals surface area contributed by atoms with Crippen LogP contribution in [0.25, 0.3) is 10.2 Å². The second kappa shape index (κ2) is 6.23. The third-order valence-electron chi connectivity index (χ3n) is 2.77. The Bertz CT molecular complexity index is 654. The van der Waals surface area contributed by atoms with Crippen LogP contribution in [0.1, 0.15) is 12.0 Å². The maximum Gasteiger partial charge on any atom is 0.317 e. The van der Waals surface area contributed by atoms with Crippen LogP contribution in [0.5, 0.6) is 0 Å². The number of para-hydroxylation sites is 1. The highest BCUT2D eigenvalue weighted by Crippen LogP contribution is 2.34. The van der Waals surface area contributed by atoms with Gasteiger partial charge in [-0.25, -0.2) is 4.98 Å². The number of hydrogen-bond donors (Lipinski definition) is 2. The van der Waals surface area contributed by atoms with Crippen LogP contribution in [0.3, 0.4) is 0 Å². The quantitative estimate of drug-likeness (QED) is 0.828. The van der Waals surface area contributed by atoms with Gasteiger partial charge in [0.1, 0.15) is 5.25 Å². The summed E-state index contributed by atoms with van der Waals surface area (Å²) in [5, 5.41) is 10.8. The molecular formula is C13H14N2O3S2. The van der Waals surface area contributed by atoms with Crippen LogP contribution in [-0.4, -0.2) is 34.3 Å². The highest BCUT2D eigenvalue weighted by molar-refractivity contribution is 8.02. The van der Waals surface area contributed by atoms with Gasteiger partial charge in [-0.1, -0.05) is 23.9 Å². The average molecular weight is 310 g/mol. The lowest BCUT2D eigenvalue weighted by Crippen LogP contribution is -2.27. The van der Waals surface area contributed by atoms with Gasteiger partial charge in [0.15, 0.2) is 4.34 Å². The number of rotatable bonds is 5. The van der Waals surface area contributed by atoms with E-state index in [0.29, 0.717) is 4.34 Å². The molecular weight excluding hydrogens is 296 g/mol. The van der Waals surface area contributed by atoms with Crippen LogP contribution in [-0.2, 0) is 9.59 Å². The lowest BCUT2D eigenvalue weighted by atomic mass is 10.2. The minimum Gasteiger partial charge on any atom is -0.480 e. The van der Waals surface area contributed by atoms with Crippen molar-refractivity contribution in [1.29, 1.82) is 0 Å². The van der Waals surface area contributed by atoms with Gasteiger partial charge in [-0.15, -0.1) is 11.3 Å². The van der Waals surface area contributed by atoms with E-state index in [0.717, 1.165) is 27.5 Å². The Hall–Kier alpha value is -1.60. The maximum atomic E-state index is 11.3. The number of nitrogens with zero attached hydrogens (tertiary/aromatic N) is 1. The molecule has 0 aliphatic heterocycles. The van der Waals surface area contributed by atoms with Crippen LogP contribution in [0.4, 0.5) is 0 Å². The van der Waals surface area contributed by atoms with Gasteiger partial charge >= 0.3 is 5.97 Å². The number of hydrogen-bond acceptors (Lipinski definition) is 5. The predicted octanol–water partition coefficient (Wildman–Crippen LogP) is 2.29. The smallest absolute Gasteiger partial charge is 0.317 e. The number of nitrogens with one attached hydrogen (secondary N) is 1. The highest BCUT2D eigenvalue weighted by Gasteiger charge is 2.23. The zero-order valence-corrected chi connectivity index (χ0v) is 12.7. The monoisotopic (exact) mass is 310 g/mol. The lowest BCUT2D eigenvalue weighted by Gasteiger charge is -2.08. The summed E-state index contributed by atoms with van der Waals surface area (Å²) >= 11 is 2.57. The van der Waals surface area contributed by atoms with Crippen LogP contribution in [0.2, 0.25) is 0 Å². The average Bonchev–Trinajstić information content (AvgIpc) is 2.81. The van der Waals surface area contributed by atoms with Crippen molar-refractivity contribution in [2.24, 2.45) is 0 Å². The molecule has 2 rings (SSSR count). The molecule has 0 spiro atoms. The fraction of sp³-hybridized carbons (Fsp3) is 0.308. The molecule has 0 radical (unpaired) electrons. The molecule has 0 bridgehead atoms. The Balaban J connectivity index is 2.22. The molecule has 106 valence electrons. The van der Waals surface area contributed by atoms with E-state index in [2.05, 4.69) is 10.3 Å². The Labute approximate surface area is 124 Å². The summed E-state index contributed by atoms with van der Waals surface area (Å²) < 4.78 is 1.70. The Morgan fingerprint density at radius 3 is 2.85 bits per heavy atom. The molecule has 2 aromatic rings. The van der Waals surface area contributed by atoms with E-state index >= 15 is 0 Å². The largest absolute Gasteiger partial charge is 0.480 e. The van der Waals surface area contributed by atoms with Crippen LogP contribution >= 0.6 is 23.1 Å². The number of benzene rings is 1. The molecule has 7 heteroatoms. The predicted molar refractivity (Wildman–Crippen MR) is 80.3 cm³/mol. The molecule has 1 heterocycles. The summed E-state index contributed by atoms with van der Waals surface area (Å²) in [6, 6.07) is 5.87. The molecule has 5 nitrogen and oxygen atoms in total. The van der Waals surface area contributed by atoms with Crippen molar-refractivity contribution in [3.8, 4) is 0 Å². The van der Waals surface area contributed by atoms with Crippen molar-refractivity contribution in [2.45, 2.75) is 22.9 Å². The van der Waals surface area contributed by atoms with E-state index in [-0.39, 0.29) is 12.3 Å². The van der Waals surface area contributed by atoms with E-state index in [1.807, 2.05) is 25.1 Å². The second-order valence-corrected chi connectivity index (χ2v) is 6.70. The van der Waals surface area contributed by atoms with Gasteiger partial charge in [-0.3, -0.25) is 9.59 Å². The SMILES string of the molecule is CNC(=O)CC(Sc1nc2c(C)cccc2s1)C(=O)O. The van der Waals surface area contributed by atoms with Crippen molar-refractivity contribution < 1.29 is 14.7 Å². The molecule has 1 aromatic heterocycles. The van der Waals surface area contributed by atoms with Crippen molar-refractivity contribution in [3.05, 3.63) is 23.8 Å². The summed E-state index contributed by atoms with van der Waals surface area (Å²) in [6.07, 6.45) is -0.0641. The van der Waals surface area contributed by atoms with E-state index in [9.17, 15) is 14.7 Å². The molecule has 0 saturated carbocycles. The van der Waals surface area contributed by atoms with Gasteiger partial charge in [0, 0.05) is 13.5 Å². The Morgan fingerprint density at radius 1 is 1.50 bits per heavy atom. The first-order valence-corrected chi connectivity index (χ1v) is 7.67. The number of carboxylic acids is 1. The molecule has 1 aromatic carbocycles. The third kappa shape index (κ3) is 3.29. The number of carbonyl (C=O) groups is 2. The van der Waals surface area contributed by atoms with Gasteiger partial charge < -0.3 is 10.4 Å². The number of thiazole rings is 1. The maximum absolute atomic E-state index is 11.3. The zero-order valence-electron chi connectivity index (χ0n) is 11.0. The molecule has 0 aliphatic rings. The number of aromatic nitrogens is 1. The first-order valence-electron chi connectivity index (χ1n) is 5.97. The van der Waals surface area contributed by atoms with Gasteiger partial charge in [0.2, 0.25) is 5.91 Å². The number of fused-ring (bicyclic) bond motifs is 1. The summed E-state index contributed by atoms with van der Waals surface area (Å²) in [4.78, 5) is 27.0. The van der Waals surface area contributed by atoms with E-state index in [4.69, 9.17) is 0 Å². The first-order chi connectivity index (χ1) is 9.51. The van der Waals surface area contributed by atoms with Crippen molar-refractivity contribution in [3.63, 3.8) is 0 Å². The van der Waals surface area contributed by atoms with Gasteiger partial charge in [0.05, 0.1) is 10.2 Å².